The fraction of sp³-hybridized carbons (Fsp3) is 0.667. The van der Waals surface area contributed by atoms with Crippen LogP contribution in [0.25, 0.3) is 0 Å². The molecule has 180 valence electrons. The van der Waals surface area contributed by atoms with Crippen molar-refractivity contribution in [2.24, 2.45) is 22.4 Å². The van der Waals surface area contributed by atoms with Gasteiger partial charge in [0.2, 0.25) is 23.6 Å². The zero-order valence-electron chi connectivity index (χ0n) is 17.5. The highest BCUT2D eigenvalue weighted by Crippen LogP contribution is 2.26. The average molecular weight is 476 g/mol. The van der Waals surface area contributed by atoms with E-state index in [2.05, 4.69) is 26.3 Å². The molecule has 2 rings (SSSR count). The molecule has 0 unspecified atom stereocenters. The molecule has 13 nitrogen and oxygen atoms in total. The van der Waals surface area contributed by atoms with Crippen LogP contribution in [0.2, 0.25) is 0 Å². The van der Waals surface area contributed by atoms with Gasteiger partial charge in [0.15, 0.2) is 5.96 Å². The topological polar surface area (TPSA) is 218 Å². The first-order valence-corrected chi connectivity index (χ1v) is 10.1. The Kier molecular flexibility index (Phi) is 10.7. The number of fused-ring (bicyclic) bond motifs is 2. The molecular formula is C18H30ClN7O6. The summed E-state index contributed by atoms with van der Waals surface area (Å²) in [6.07, 6.45) is 1.47. The number of hydrogen-bond acceptors (Lipinski definition) is 6. The number of carbonyl (C=O) groups is 5. The van der Waals surface area contributed by atoms with E-state index in [0.29, 0.717) is 25.7 Å². The number of carbonyl (C=O) groups excluding carboxylic acids is 4. The first kappa shape index (κ1) is 26.9. The van der Waals surface area contributed by atoms with Crippen molar-refractivity contribution in [3.05, 3.63) is 0 Å². The number of hydrogen-bond donors (Lipinski definition) is 7. The fourth-order valence-corrected chi connectivity index (χ4v) is 3.63. The van der Waals surface area contributed by atoms with Crippen molar-refractivity contribution in [1.29, 1.82) is 0 Å². The van der Waals surface area contributed by atoms with E-state index in [1.54, 1.807) is 0 Å². The van der Waals surface area contributed by atoms with E-state index in [0.717, 1.165) is 0 Å². The molecule has 0 aromatic rings. The minimum atomic E-state index is -1.28. The summed E-state index contributed by atoms with van der Waals surface area (Å²) < 4.78 is 0. The quantitative estimate of drug-likeness (QED) is 0.121. The summed E-state index contributed by atoms with van der Waals surface area (Å²) in [4.78, 5) is 64.8. The van der Waals surface area contributed by atoms with Crippen LogP contribution in [0.3, 0.4) is 0 Å². The van der Waals surface area contributed by atoms with Gasteiger partial charge in [0.25, 0.3) is 0 Å². The van der Waals surface area contributed by atoms with Crippen molar-refractivity contribution in [3.8, 4) is 0 Å². The molecule has 4 amide bonds. The molecule has 14 heteroatoms. The Morgan fingerprint density at radius 2 is 1.72 bits per heavy atom. The SMILES string of the molecule is Cl.NC(N)=NCCC[C@@H]1NC(=O)[C@@H]2CC[C@H](C2)NC(=O)[C@H](CC(=O)O)NC(=O)CNC1=O. The molecule has 9 N–H and O–H groups in total. The zero-order chi connectivity index (χ0) is 23.0. The standard InChI is InChI=1S/C18H29N7O6.ClH/c19-18(20)21-5-1-2-11-16(30)22-8-13(26)24-12(7-14(27)28)17(31)23-10-4-3-9(6-10)15(29)25-11;/h9-12H,1-8H2,(H,22,30)(H,23,31)(H,24,26)(H,25,29)(H,27,28)(H4,19,20,21);1H/t9-,10-,11+,12+;/m1./s1. The largest absolute Gasteiger partial charge is 0.481 e. The second kappa shape index (κ2) is 12.7. The molecule has 2 bridgehead atoms. The van der Waals surface area contributed by atoms with Gasteiger partial charge in [-0.25, -0.2) is 0 Å². The van der Waals surface area contributed by atoms with Gasteiger partial charge in [-0.2, -0.15) is 0 Å². The van der Waals surface area contributed by atoms with E-state index >= 15 is 0 Å². The van der Waals surface area contributed by atoms with Crippen molar-refractivity contribution in [3.63, 3.8) is 0 Å². The Bertz CT molecular complexity index is 758. The van der Waals surface area contributed by atoms with Crippen LogP contribution in [0.5, 0.6) is 0 Å². The Labute approximate surface area is 190 Å². The first-order chi connectivity index (χ1) is 14.7. The van der Waals surface area contributed by atoms with E-state index in [9.17, 15) is 24.0 Å². The van der Waals surface area contributed by atoms with Crippen molar-refractivity contribution in [2.45, 2.75) is 56.7 Å². The minimum Gasteiger partial charge on any atom is -0.481 e. The number of nitrogens with two attached hydrogens (primary N) is 2. The summed E-state index contributed by atoms with van der Waals surface area (Å²) in [5, 5.41) is 19.2. The Balaban J connectivity index is 0.00000512. The number of halogens is 1. The maximum absolute atomic E-state index is 12.7. The van der Waals surface area contributed by atoms with Crippen LogP contribution < -0.4 is 32.7 Å². The Morgan fingerprint density at radius 3 is 2.38 bits per heavy atom. The van der Waals surface area contributed by atoms with Crippen LogP contribution in [-0.2, 0) is 24.0 Å². The van der Waals surface area contributed by atoms with Crippen LogP contribution in [0, 0.1) is 5.92 Å². The van der Waals surface area contributed by atoms with E-state index < -0.39 is 54.7 Å². The second-order valence-corrected chi connectivity index (χ2v) is 7.66. The van der Waals surface area contributed by atoms with Crippen LogP contribution in [0.1, 0.15) is 38.5 Å². The molecule has 0 radical (unpaired) electrons. The predicted octanol–water partition coefficient (Wildman–Crippen LogP) is -2.68. The molecule has 0 spiro atoms. The second-order valence-electron chi connectivity index (χ2n) is 7.66. The molecular weight excluding hydrogens is 446 g/mol. The number of guanidine groups is 1. The number of nitrogens with zero attached hydrogens (tertiary/aromatic N) is 1. The maximum atomic E-state index is 12.7. The van der Waals surface area contributed by atoms with Crippen LogP contribution >= 0.6 is 12.4 Å². The molecule has 1 heterocycles. The third kappa shape index (κ3) is 8.57. The Hall–Kier alpha value is -3.09. The van der Waals surface area contributed by atoms with Crippen molar-refractivity contribution in [2.75, 3.05) is 13.1 Å². The van der Waals surface area contributed by atoms with Gasteiger partial charge in [-0.15, -0.1) is 12.4 Å². The van der Waals surface area contributed by atoms with Crippen molar-refractivity contribution >= 4 is 48.0 Å². The molecule has 2 aliphatic rings. The summed E-state index contributed by atoms with van der Waals surface area (Å²) in [6.45, 7) is -0.202. The first-order valence-electron chi connectivity index (χ1n) is 10.1. The number of aliphatic carboxylic acids is 1. The van der Waals surface area contributed by atoms with Gasteiger partial charge in [0.05, 0.1) is 13.0 Å². The van der Waals surface area contributed by atoms with Crippen LogP contribution in [-0.4, -0.2) is 71.9 Å². The summed E-state index contributed by atoms with van der Waals surface area (Å²) in [6, 6.07) is -2.50. The lowest BCUT2D eigenvalue weighted by atomic mass is 10.0. The summed E-state index contributed by atoms with van der Waals surface area (Å²) in [5.74, 6) is -3.97. The maximum Gasteiger partial charge on any atom is 0.305 e. The van der Waals surface area contributed by atoms with Crippen LogP contribution in [0.15, 0.2) is 4.99 Å². The number of carboxylic acid groups (broad SMARTS) is 1. The third-order valence-corrected chi connectivity index (χ3v) is 5.18. The smallest absolute Gasteiger partial charge is 0.305 e. The molecule has 1 saturated carbocycles. The molecule has 0 aromatic carbocycles. The zero-order valence-corrected chi connectivity index (χ0v) is 18.3. The molecule has 32 heavy (non-hydrogen) atoms. The van der Waals surface area contributed by atoms with Crippen molar-refractivity contribution in [1.82, 2.24) is 21.3 Å². The monoisotopic (exact) mass is 475 g/mol. The third-order valence-electron chi connectivity index (χ3n) is 5.18. The van der Waals surface area contributed by atoms with Gasteiger partial charge >= 0.3 is 5.97 Å². The lowest BCUT2D eigenvalue weighted by Gasteiger charge is -2.23. The van der Waals surface area contributed by atoms with Gasteiger partial charge in [0, 0.05) is 18.5 Å². The molecule has 4 atom stereocenters. The summed E-state index contributed by atoms with van der Waals surface area (Å²) in [7, 11) is 0. The van der Waals surface area contributed by atoms with E-state index in [-0.39, 0.29) is 43.3 Å². The number of carboxylic acids is 1. The lowest BCUT2D eigenvalue weighted by Crippen LogP contribution is -2.54. The number of rotatable bonds is 6. The predicted molar refractivity (Wildman–Crippen MR) is 116 cm³/mol. The molecule has 1 aliphatic carbocycles. The normalized spacial score (nSPS) is 26.4. The highest BCUT2D eigenvalue weighted by Gasteiger charge is 2.35. The summed E-state index contributed by atoms with van der Waals surface area (Å²) in [5.41, 5.74) is 10.6. The lowest BCUT2D eigenvalue weighted by molar-refractivity contribution is -0.141. The highest BCUT2D eigenvalue weighted by atomic mass is 35.5. The number of aliphatic imine (C=N–C) groups is 1. The molecule has 0 aromatic heterocycles. The fourth-order valence-electron chi connectivity index (χ4n) is 3.63. The Morgan fingerprint density at radius 1 is 1.00 bits per heavy atom. The number of nitrogens with one attached hydrogen (secondary N) is 4. The number of amides is 4. The van der Waals surface area contributed by atoms with Crippen molar-refractivity contribution < 1.29 is 29.1 Å². The molecule has 1 aliphatic heterocycles. The van der Waals surface area contributed by atoms with E-state index in [1.165, 1.54) is 0 Å². The summed E-state index contributed by atoms with van der Waals surface area (Å²) >= 11 is 0. The average Bonchev–Trinajstić information content (AvgIpc) is 3.15. The molecule has 2 fully saturated rings. The molecule has 1 saturated heterocycles. The van der Waals surface area contributed by atoms with Gasteiger partial charge in [0.1, 0.15) is 12.1 Å². The van der Waals surface area contributed by atoms with Crippen LogP contribution in [0.4, 0.5) is 0 Å². The van der Waals surface area contributed by atoms with Gasteiger partial charge in [-0.1, -0.05) is 0 Å². The van der Waals surface area contributed by atoms with Gasteiger partial charge in [-0.05, 0) is 32.1 Å². The van der Waals surface area contributed by atoms with E-state index in [4.69, 9.17) is 16.6 Å². The minimum absolute atomic E-state index is 0. The van der Waals surface area contributed by atoms with Gasteiger partial charge in [-0.3, -0.25) is 29.0 Å². The van der Waals surface area contributed by atoms with E-state index in [1.807, 2.05) is 0 Å². The highest BCUT2D eigenvalue weighted by molar-refractivity contribution is 5.94. The van der Waals surface area contributed by atoms with Gasteiger partial charge < -0.3 is 37.8 Å².